The van der Waals surface area contributed by atoms with Gasteiger partial charge in [-0.15, -0.1) is 0 Å². The molecule has 1 saturated heterocycles. The lowest BCUT2D eigenvalue weighted by Crippen LogP contribution is -2.40. The molecule has 318 valence electrons. The van der Waals surface area contributed by atoms with E-state index < -0.39 is 29.9 Å². The largest absolute Gasteiger partial charge is 0.508 e. The van der Waals surface area contributed by atoms with Gasteiger partial charge in [-0.2, -0.15) is 0 Å². The number of esters is 1. The van der Waals surface area contributed by atoms with E-state index >= 15 is 0 Å². The third-order valence-electron chi connectivity index (χ3n) is 9.56. The highest BCUT2D eigenvalue weighted by molar-refractivity contribution is 8.76. The van der Waals surface area contributed by atoms with Crippen LogP contribution in [0.15, 0.2) is 72.8 Å². The summed E-state index contributed by atoms with van der Waals surface area (Å²) in [6, 6.07) is 22.0. The van der Waals surface area contributed by atoms with Crippen LogP contribution in [-0.4, -0.2) is 84.4 Å². The van der Waals surface area contributed by atoms with E-state index in [0.717, 1.165) is 33.6 Å². The molecule has 1 fully saturated rings. The van der Waals surface area contributed by atoms with Crippen LogP contribution in [0.4, 0.5) is 10.5 Å². The molecule has 0 unspecified atom stereocenters. The van der Waals surface area contributed by atoms with Gasteiger partial charge in [0.1, 0.15) is 62.3 Å². The molecule has 2 aliphatic rings. The van der Waals surface area contributed by atoms with Crippen molar-refractivity contribution < 1.29 is 47.9 Å². The molecule has 0 saturated carbocycles. The maximum absolute atomic E-state index is 13.6. The van der Waals surface area contributed by atoms with Crippen LogP contribution in [0.5, 0.6) is 23.0 Å². The fourth-order valence-corrected chi connectivity index (χ4v) is 8.62. The number of carbonyl (C=O) groups is 2. The molecule has 0 bridgehead atoms. The number of nitrogens with zero attached hydrogens (tertiary/aromatic N) is 2. The predicted molar refractivity (Wildman–Crippen MR) is 233 cm³/mol. The molecular weight excluding hydrogens is 828 g/mol. The highest BCUT2D eigenvalue weighted by atomic mass is 35.5. The van der Waals surface area contributed by atoms with E-state index in [2.05, 4.69) is 17.8 Å². The molecule has 4 aromatic rings. The SMILES string of the molecule is [C-]#[N+]c1cccc(COc2cc(OCc3cccc(-c4ccc5c(c4)OCCO5)c3C)c(Cl)cc2CN2C[C@H](OC(=O)OCCSSCCO)C[C@@H]2C(=O)OC(C)(C)C)c1. The normalized spacial score (nSPS) is 16.1. The fraction of sp³-hybridized carbons (Fsp3) is 0.400. The summed E-state index contributed by atoms with van der Waals surface area (Å²) < 4.78 is 41.2. The van der Waals surface area contributed by atoms with E-state index in [1.165, 1.54) is 21.6 Å². The van der Waals surface area contributed by atoms with Gasteiger partial charge >= 0.3 is 12.1 Å². The predicted octanol–water partition coefficient (Wildman–Crippen LogP) is 9.61. The van der Waals surface area contributed by atoms with Gasteiger partial charge in [0.25, 0.3) is 0 Å². The van der Waals surface area contributed by atoms with Crippen molar-refractivity contribution >= 4 is 51.0 Å². The molecular formula is C45H49ClN2O10S2. The topological polar surface area (TPSA) is 127 Å². The number of halogens is 1. The Kier molecular flexibility index (Phi) is 15.8. The Morgan fingerprint density at radius 3 is 2.48 bits per heavy atom. The first-order chi connectivity index (χ1) is 28.9. The highest BCUT2D eigenvalue weighted by Gasteiger charge is 2.41. The van der Waals surface area contributed by atoms with Gasteiger partial charge in [-0.3, -0.25) is 9.69 Å². The number of aliphatic hydroxyl groups is 1. The number of benzene rings is 4. The zero-order valence-electron chi connectivity index (χ0n) is 34.1. The van der Waals surface area contributed by atoms with Gasteiger partial charge in [0.05, 0.1) is 18.2 Å². The molecule has 6 rings (SSSR count). The van der Waals surface area contributed by atoms with Crippen LogP contribution in [0.1, 0.15) is 49.4 Å². The average molecular weight is 877 g/mol. The van der Waals surface area contributed by atoms with Gasteiger partial charge in [0.2, 0.25) is 0 Å². The van der Waals surface area contributed by atoms with E-state index in [1.54, 1.807) is 51.1 Å². The lowest BCUT2D eigenvalue weighted by atomic mass is 9.96. The quantitative estimate of drug-likeness (QED) is 0.0469. The Bertz CT molecular complexity index is 2170. The minimum atomic E-state index is -0.820. The second-order valence-electron chi connectivity index (χ2n) is 15.1. The minimum absolute atomic E-state index is 0.0754. The first-order valence-corrected chi connectivity index (χ1v) is 22.5. The van der Waals surface area contributed by atoms with E-state index in [0.29, 0.717) is 58.2 Å². The van der Waals surface area contributed by atoms with Crippen LogP contribution in [0.3, 0.4) is 0 Å². The summed E-state index contributed by atoms with van der Waals surface area (Å²) in [6.45, 7) is 17.0. The van der Waals surface area contributed by atoms with E-state index in [4.69, 9.17) is 56.4 Å². The summed E-state index contributed by atoms with van der Waals surface area (Å²) >= 11 is 6.97. The number of fused-ring (bicyclic) bond motifs is 1. The Balaban J connectivity index is 1.22. The van der Waals surface area contributed by atoms with Gasteiger partial charge in [-0.25, -0.2) is 9.64 Å². The second kappa shape index (κ2) is 21.1. The summed E-state index contributed by atoms with van der Waals surface area (Å²) in [5, 5.41) is 9.30. The van der Waals surface area contributed by atoms with Gasteiger partial charge in [-0.05, 0) is 79.8 Å². The average Bonchev–Trinajstić information content (AvgIpc) is 3.62. The smallest absolute Gasteiger partial charge is 0.488 e. The van der Waals surface area contributed by atoms with E-state index in [1.807, 2.05) is 41.3 Å². The van der Waals surface area contributed by atoms with Crippen molar-refractivity contribution in [2.75, 3.05) is 44.5 Å². The first kappa shape index (κ1) is 44.8. The molecule has 0 spiro atoms. The molecule has 0 amide bonds. The number of aliphatic hydroxyl groups excluding tert-OH is 1. The zero-order valence-corrected chi connectivity index (χ0v) is 36.5. The lowest BCUT2D eigenvalue weighted by Gasteiger charge is -2.27. The summed E-state index contributed by atoms with van der Waals surface area (Å²) in [7, 11) is 2.98. The molecule has 0 radical (unpaired) electrons. The number of hydrogen-bond acceptors (Lipinski definition) is 13. The van der Waals surface area contributed by atoms with Crippen LogP contribution in [0.25, 0.3) is 16.0 Å². The summed E-state index contributed by atoms with van der Waals surface area (Å²) in [5.41, 5.74) is 5.24. The highest BCUT2D eigenvalue weighted by Crippen LogP contribution is 2.39. The Morgan fingerprint density at radius 2 is 1.70 bits per heavy atom. The second-order valence-corrected chi connectivity index (χ2v) is 18.2. The third kappa shape index (κ3) is 12.4. The van der Waals surface area contributed by atoms with Crippen molar-refractivity contribution in [3.8, 4) is 34.1 Å². The van der Waals surface area contributed by atoms with Crippen LogP contribution < -0.4 is 18.9 Å². The van der Waals surface area contributed by atoms with Gasteiger partial charge < -0.3 is 38.3 Å². The van der Waals surface area contributed by atoms with Crippen LogP contribution in [0.2, 0.25) is 5.02 Å². The van der Waals surface area contributed by atoms with Gasteiger partial charge in [0, 0.05) is 42.6 Å². The molecule has 15 heteroatoms. The van der Waals surface area contributed by atoms with Gasteiger partial charge in [-0.1, -0.05) is 75.7 Å². The first-order valence-electron chi connectivity index (χ1n) is 19.6. The van der Waals surface area contributed by atoms with E-state index in [-0.39, 0.29) is 45.9 Å². The molecule has 1 N–H and O–H groups in total. The fourth-order valence-electron chi connectivity index (χ4n) is 6.78. The molecule has 0 aromatic heterocycles. The number of ether oxygens (including phenoxy) is 7. The van der Waals surface area contributed by atoms with Crippen LogP contribution >= 0.6 is 33.2 Å². The summed E-state index contributed by atoms with van der Waals surface area (Å²) in [4.78, 5) is 31.7. The summed E-state index contributed by atoms with van der Waals surface area (Å²) in [5.74, 6) is 2.98. The number of rotatable bonds is 17. The number of carbonyl (C=O) groups excluding carboxylic acids is 2. The lowest BCUT2D eigenvalue weighted by molar-refractivity contribution is -0.160. The molecule has 2 heterocycles. The maximum Gasteiger partial charge on any atom is 0.508 e. The maximum atomic E-state index is 13.6. The third-order valence-corrected chi connectivity index (χ3v) is 12.2. The molecule has 0 aliphatic carbocycles. The van der Waals surface area contributed by atoms with Crippen LogP contribution in [-0.2, 0) is 38.8 Å². The molecule has 2 atom stereocenters. The molecule has 4 aromatic carbocycles. The monoisotopic (exact) mass is 876 g/mol. The minimum Gasteiger partial charge on any atom is -0.488 e. The number of likely N-dealkylation sites (tertiary alicyclic amines) is 1. The Morgan fingerprint density at radius 1 is 0.933 bits per heavy atom. The molecule has 60 heavy (non-hydrogen) atoms. The number of hydrogen-bond donors (Lipinski definition) is 1. The molecule has 2 aliphatic heterocycles. The summed E-state index contributed by atoms with van der Waals surface area (Å²) in [6.07, 6.45) is -1.27. The van der Waals surface area contributed by atoms with Crippen molar-refractivity contribution in [3.63, 3.8) is 0 Å². The van der Waals surface area contributed by atoms with Crippen molar-refractivity contribution in [1.29, 1.82) is 0 Å². The van der Waals surface area contributed by atoms with Crippen molar-refractivity contribution in [2.24, 2.45) is 0 Å². The molecule has 12 nitrogen and oxygen atoms in total. The zero-order chi connectivity index (χ0) is 42.6. The standard InChI is InChI=1S/C45H49ClN2O10S2/c1-29-32(9-7-11-36(29)31-12-13-39-42(22-31)53-16-15-52-39)28-56-41-24-40(55-27-30-8-6-10-34(20-30)47-5)33(21-37(41)46)25-48-26-35(23-38(48)43(50)58-45(2,3)4)57-44(51)54-17-19-60-59-18-14-49/h6-13,20-22,24,35,38,49H,14-19,23,25-28H2,1-4H3/t35-,38-/m1/s1. The van der Waals surface area contributed by atoms with Crippen molar-refractivity contribution in [3.05, 3.63) is 111 Å². The Labute approximate surface area is 363 Å². The van der Waals surface area contributed by atoms with Crippen molar-refractivity contribution in [1.82, 2.24) is 4.90 Å². The van der Waals surface area contributed by atoms with Gasteiger partial charge in [0.15, 0.2) is 17.2 Å². The van der Waals surface area contributed by atoms with Crippen molar-refractivity contribution in [2.45, 2.75) is 71.6 Å². The Hall–Kier alpha value is -4.78. The van der Waals surface area contributed by atoms with E-state index in [9.17, 15) is 9.59 Å². The van der Waals surface area contributed by atoms with Crippen LogP contribution in [0, 0.1) is 13.5 Å².